The van der Waals surface area contributed by atoms with Crippen LogP contribution in [0.5, 0.6) is 0 Å². The maximum atomic E-state index is 11.4. The first-order chi connectivity index (χ1) is 6.49. The summed E-state index contributed by atoms with van der Waals surface area (Å²) in [6.07, 6.45) is 1.89. The van der Waals surface area contributed by atoms with Crippen LogP contribution in [0.1, 0.15) is 40.0 Å². The van der Waals surface area contributed by atoms with Crippen molar-refractivity contribution < 1.29 is 14.8 Å². The van der Waals surface area contributed by atoms with Gasteiger partial charge >= 0.3 is 0 Å². The van der Waals surface area contributed by atoms with Crippen LogP contribution >= 0.6 is 0 Å². The van der Waals surface area contributed by atoms with Gasteiger partial charge in [0.1, 0.15) is 5.78 Å². The second kappa shape index (κ2) is 6.54. The molecule has 0 aromatic rings. The SMILES string of the molecule is CCCCN(O)C(=O)C(C)CC(C)=O. The molecule has 1 N–H and O–H groups in total. The summed E-state index contributed by atoms with van der Waals surface area (Å²) in [5.41, 5.74) is 0. The highest BCUT2D eigenvalue weighted by Gasteiger charge is 2.19. The summed E-state index contributed by atoms with van der Waals surface area (Å²) in [6, 6.07) is 0. The number of carbonyl (C=O) groups is 2. The average Bonchev–Trinajstić information content (AvgIpc) is 2.11. The van der Waals surface area contributed by atoms with E-state index in [1.165, 1.54) is 6.92 Å². The van der Waals surface area contributed by atoms with Gasteiger partial charge < -0.3 is 4.79 Å². The lowest BCUT2D eigenvalue weighted by molar-refractivity contribution is -0.170. The molecule has 0 fully saturated rings. The van der Waals surface area contributed by atoms with Gasteiger partial charge in [0, 0.05) is 18.9 Å². The third kappa shape index (κ3) is 4.97. The number of amides is 1. The van der Waals surface area contributed by atoms with Crippen molar-refractivity contribution in [1.82, 2.24) is 5.06 Å². The number of ketones is 1. The Morgan fingerprint density at radius 2 is 2.00 bits per heavy atom. The number of nitrogens with zero attached hydrogens (tertiary/aromatic N) is 1. The van der Waals surface area contributed by atoms with E-state index < -0.39 is 5.92 Å². The van der Waals surface area contributed by atoms with Gasteiger partial charge in [-0.2, -0.15) is 0 Å². The third-order valence-corrected chi connectivity index (χ3v) is 1.99. The molecule has 0 rings (SSSR count). The third-order valence-electron chi connectivity index (χ3n) is 1.99. The molecule has 0 aliphatic heterocycles. The van der Waals surface area contributed by atoms with Gasteiger partial charge in [0.2, 0.25) is 5.91 Å². The van der Waals surface area contributed by atoms with E-state index in [4.69, 9.17) is 0 Å². The first kappa shape index (κ1) is 13.1. The minimum Gasteiger partial charge on any atom is -0.300 e. The molecule has 0 saturated carbocycles. The highest BCUT2D eigenvalue weighted by Crippen LogP contribution is 2.07. The Morgan fingerprint density at radius 1 is 1.43 bits per heavy atom. The van der Waals surface area contributed by atoms with Gasteiger partial charge in [-0.1, -0.05) is 20.3 Å². The molecular weight excluding hydrogens is 182 g/mol. The molecule has 0 aromatic heterocycles. The largest absolute Gasteiger partial charge is 0.300 e. The number of carbonyl (C=O) groups excluding carboxylic acids is 2. The second-order valence-corrected chi connectivity index (χ2v) is 3.62. The number of hydrogen-bond acceptors (Lipinski definition) is 3. The average molecular weight is 201 g/mol. The molecule has 4 nitrogen and oxygen atoms in total. The monoisotopic (exact) mass is 201 g/mol. The number of unbranched alkanes of at least 4 members (excludes halogenated alkanes) is 1. The molecule has 1 amide bonds. The van der Waals surface area contributed by atoms with E-state index in [1.807, 2.05) is 6.92 Å². The summed E-state index contributed by atoms with van der Waals surface area (Å²) in [4.78, 5) is 22.2. The lowest BCUT2D eigenvalue weighted by atomic mass is 10.0. The van der Waals surface area contributed by atoms with E-state index in [2.05, 4.69) is 0 Å². The molecule has 1 unspecified atom stereocenters. The van der Waals surface area contributed by atoms with Crippen molar-refractivity contribution in [2.75, 3.05) is 6.54 Å². The summed E-state index contributed by atoms with van der Waals surface area (Å²) in [5, 5.41) is 10.0. The fourth-order valence-corrected chi connectivity index (χ4v) is 1.19. The highest BCUT2D eigenvalue weighted by molar-refractivity contribution is 5.84. The second-order valence-electron chi connectivity index (χ2n) is 3.62. The van der Waals surface area contributed by atoms with E-state index in [0.29, 0.717) is 6.54 Å². The number of hydrogen-bond donors (Lipinski definition) is 1. The number of hydroxylamine groups is 2. The van der Waals surface area contributed by atoms with Gasteiger partial charge in [0.05, 0.1) is 0 Å². The molecule has 1 atom stereocenters. The standard InChI is InChI=1S/C10H19NO3/c1-4-5-6-11(14)10(13)8(2)7-9(3)12/h8,14H,4-7H2,1-3H3. The van der Waals surface area contributed by atoms with Gasteiger partial charge in [-0.15, -0.1) is 0 Å². The van der Waals surface area contributed by atoms with Gasteiger partial charge in [-0.25, -0.2) is 5.06 Å². The first-order valence-electron chi connectivity index (χ1n) is 4.98. The Bertz CT molecular complexity index is 204. The van der Waals surface area contributed by atoms with Crippen LogP contribution in [-0.2, 0) is 9.59 Å². The minimum atomic E-state index is -0.422. The van der Waals surface area contributed by atoms with E-state index in [1.54, 1.807) is 6.92 Å². The van der Waals surface area contributed by atoms with Crippen molar-refractivity contribution in [3.63, 3.8) is 0 Å². The van der Waals surface area contributed by atoms with Crippen molar-refractivity contribution in [3.05, 3.63) is 0 Å². The van der Waals surface area contributed by atoms with E-state index in [-0.39, 0.29) is 18.1 Å². The van der Waals surface area contributed by atoms with Crippen LogP contribution < -0.4 is 0 Å². The molecule has 82 valence electrons. The lowest BCUT2D eigenvalue weighted by Gasteiger charge is -2.18. The van der Waals surface area contributed by atoms with E-state index in [9.17, 15) is 14.8 Å². The van der Waals surface area contributed by atoms with Crippen LogP contribution in [0.3, 0.4) is 0 Å². The minimum absolute atomic E-state index is 0.0326. The topological polar surface area (TPSA) is 57.6 Å². The summed E-state index contributed by atoms with van der Waals surface area (Å²) >= 11 is 0. The molecule has 0 radical (unpaired) electrons. The zero-order valence-electron chi connectivity index (χ0n) is 9.12. The Morgan fingerprint density at radius 3 is 2.43 bits per heavy atom. The Labute approximate surface area is 84.9 Å². The maximum absolute atomic E-state index is 11.4. The highest BCUT2D eigenvalue weighted by atomic mass is 16.5. The molecule has 0 aliphatic carbocycles. The van der Waals surface area contributed by atoms with E-state index in [0.717, 1.165) is 17.9 Å². The predicted octanol–water partition coefficient (Wildman–Crippen LogP) is 1.62. The molecule has 0 spiro atoms. The van der Waals surface area contributed by atoms with Crippen LogP contribution in [0.25, 0.3) is 0 Å². The summed E-state index contributed by atoms with van der Waals surface area (Å²) < 4.78 is 0. The predicted molar refractivity (Wildman–Crippen MR) is 52.9 cm³/mol. The zero-order chi connectivity index (χ0) is 11.1. The molecule has 14 heavy (non-hydrogen) atoms. The summed E-state index contributed by atoms with van der Waals surface area (Å²) in [5.74, 6) is -0.822. The normalized spacial score (nSPS) is 12.3. The lowest BCUT2D eigenvalue weighted by Crippen LogP contribution is -2.33. The molecule has 0 aliphatic rings. The summed E-state index contributed by atoms with van der Waals surface area (Å²) in [6.45, 7) is 5.42. The first-order valence-corrected chi connectivity index (χ1v) is 4.98. The van der Waals surface area contributed by atoms with Gasteiger partial charge in [0.25, 0.3) is 0 Å². The molecule has 0 bridgehead atoms. The van der Waals surface area contributed by atoms with Crippen LogP contribution in [0, 0.1) is 5.92 Å². The van der Waals surface area contributed by atoms with Crippen LogP contribution in [-0.4, -0.2) is 28.5 Å². The van der Waals surface area contributed by atoms with Gasteiger partial charge in [-0.05, 0) is 13.3 Å². The van der Waals surface area contributed by atoms with Crippen LogP contribution in [0.4, 0.5) is 0 Å². The van der Waals surface area contributed by atoms with Gasteiger partial charge in [-0.3, -0.25) is 10.0 Å². The number of Topliss-reactive ketones (excluding diaryl/α,β-unsaturated/α-hetero) is 1. The Kier molecular flexibility index (Phi) is 6.12. The van der Waals surface area contributed by atoms with E-state index >= 15 is 0 Å². The van der Waals surface area contributed by atoms with Crippen molar-refractivity contribution in [3.8, 4) is 0 Å². The zero-order valence-corrected chi connectivity index (χ0v) is 9.12. The van der Waals surface area contributed by atoms with Crippen LogP contribution in [0.15, 0.2) is 0 Å². The Hall–Kier alpha value is -0.900. The van der Waals surface area contributed by atoms with Crippen molar-refractivity contribution >= 4 is 11.7 Å². The molecular formula is C10H19NO3. The molecule has 0 saturated heterocycles. The van der Waals surface area contributed by atoms with Crippen molar-refractivity contribution in [2.24, 2.45) is 5.92 Å². The molecule has 0 heterocycles. The molecule has 0 aromatic carbocycles. The van der Waals surface area contributed by atoms with Crippen molar-refractivity contribution in [2.45, 2.75) is 40.0 Å². The van der Waals surface area contributed by atoms with Crippen LogP contribution in [0.2, 0.25) is 0 Å². The molecule has 4 heteroatoms. The maximum Gasteiger partial charge on any atom is 0.249 e. The van der Waals surface area contributed by atoms with Gasteiger partial charge in [0.15, 0.2) is 0 Å². The number of rotatable bonds is 6. The quantitative estimate of drug-likeness (QED) is 0.524. The van der Waals surface area contributed by atoms with Crippen molar-refractivity contribution in [1.29, 1.82) is 0 Å². The fraction of sp³-hybridized carbons (Fsp3) is 0.800. The summed E-state index contributed by atoms with van der Waals surface area (Å²) in [7, 11) is 0. The Balaban J connectivity index is 3.97. The smallest absolute Gasteiger partial charge is 0.249 e. The fourth-order valence-electron chi connectivity index (χ4n) is 1.19.